The van der Waals surface area contributed by atoms with Crippen molar-refractivity contribution in [3.63, 3.8) is 0 Å². The predicted octanol–water partition coefficient (Wildman–Crippen LogP) is 1.53. The lowest BCUT2D eigenvalue weighted by Crippen LogP contribution is -1.90. The molecule has 0 saturated carbocycles. The zero-order chi connectivity index (χ0) is 15.6. The summed E-state index contributed by atoms with van der Waals surface area (Å²) in [5.74, 6) is 0.500. The van der Waals surface area contributed by atoms with Gasteiger partial charge in [0.15, 0.2) is 0 Å². The summed E-state index contributed by atoms with van der Waals surface area (Å²) in [6.07, 6.45) is 0. The largest absolute Gasteiger partial charge is 0.300 e. The van der Waals surface area contributed by atoms with Crippen molar-refractivity contribution in [1.82, 2.24) is 0 Å². The predicted molar refractivity (Wildman–Crippen MR) is 58.7 cm³/mol. The van der Waals surface area contributed by atoms with Crippen LogP contribution in [0.2, 0.25) is 0 Å². The van der Waals surface area contributed by atoms with Crippen LogP contribution in [-0.2, 0) is 34.5 Å². The summed E-state index contributed by atoms with van der Waals surface area (Å²) in [5, 5.41) is 26.0. The molecule has 0 atom stereocenters. The zero-order valence-electron chi connectivity index (χ0n) is 11.3. The highest BCUT2D eigenvalue weighted by atomic mass is 17.8. The van der Waals surface area contributed by atoms with Crippen molar-refractivity contribution < 1.29 is 45.1 Å². The summed E-state index contributed by atoms with van der Waals surface area (Å²) in [5.41, 5.74) is 0. The molecule has 110 valence electrons. The van der Waals surface area contributed by atoms with E-state index < -0.39 is 0 Å². The number of carbonyl (C=O) groups is 3. The van der Waals surface area contributed by atoms with Crippen LogP contribution in [0.4, 0.5) is 0 Å². The lowest BCUT2D eigenvalue weighted by molar-refractivity contribution is -0.749. The molecule has 9 heteroatoms. The monoisotopic (exact) mass is 272 g/mol. The highest BCUT2D eigenvalue weighted by Gasteiger charge is 1.77. The fourth-order valence-electron chi connectivity index (χ4n) is 0.0248. The Kier molecular flexibility index (Phi) is 35.3. The molecule has 0 saturated heterocycles. The van der Waals surface area contributed by atoms with Gasteiger partial charge in [-0.15, -0.1) is 0 Å². The van der Waals surface area contributed by atoms with Gasteiger partial charge in [-0.05, 0) is 61.7 Å². The van der Waals surface area contributed by atoms with Gasteiger partial charge in [0.05, 0.1) is 0 Å². The normalized spacial score (nSPS) is 7.33. The van der Waals surface area contributed by atoms with Crippen LogP contribution >= 0.6 is 0 Å². The molecule has 0 unspecified atom stereocenters. The highest BCUT2D eigenvalue weighted by Crippen LogP contribution is 1.72. The number of Topliss-reactive ketones (excluding diaryl/α,β-unsaturated/α-hetero) is 3. The first kappa shape index (κ1) is 25.6. The molecule has 0 rings (SSSR count). The maximum Gasteiger partial charge on any atom is 0.126 e. The highest BCUT2D eigenvalue weighted by molar-refractivity contribution is 5.72. The van der Waals surface area contributed by atoms with Gasteiger partial charge in [-0.1, -0.05) is 0 Å². The van der Waals surface area contributed by atoms with Crippen molar-refractivity contribution in [2.24, 2.45) is 0 Å². The summed E-state index contributed by atoms with van der Waals surface area (Å²) in [7, 11) is 0. The summed E-state index contributed by atoms with van der Waals surface area (Å²) in [6.45, 7) is 9.17. The molecule has 0 radical (unpaired) electrons. The fourth-order valence-corrected chi connectivity index (χ4v) is 0.0248. The third kappa shape index (κ3) is 894. The summed E-state index contributed by atoms with van der Waals surface area (Å²) in [4.78, 5) is 28.3. The van der Waals surface area contributed by atoms with Crippen LogP contribution in [0.3, 0.4) is 0 Å². The quantitative estimate of drug-likeness (QED) is 0.446. The average Bonchev–Trinajstić information content (AvgIpc) is 2.11. The van der Waals surface area contributed by atoms with Crippen LogP contribution in [0.5, 0.6) is 0 Å². The second kappa shape index (κ2) is 24.8. The van der Waals surface area contributed by atoms with Crippen LogP contribution in [0.15, 0.2) is 0 Å². The summed E-state index contributed by atoms with van der Waals surface area (Å²) in [6, 6.07) is 0. The van der Waals surface area contributed by atoms with E-state index in [-0.39, 0.29) is 17.3 Å². The number of hydrogen-bond acceptors (Lipinski definition) is 9. The Morgan fingerprint density at radius 3 is 0.778 bits per heavy atom. The van der Waals surface area contributed by atoms with Gasteiger partial charge < -0.3 is 14.4 Å². The summed E-state index contributed by atoms with van der Waals surface area (Å²) < 4.78 is 0. The Balaban J connectivity index is -0.0000000742. The van der Waals surface area contributed by atoms with Crippen LogP contribution in [0, 0.1) is 0 Å². The first-order valence-electron chi connectivity index (χ1n) is 4.48. The number of rotatable bonds is 3. The van der Waals surface area contributed by atoms with Gasteiger partial charge in [-0.3, -0.25) is 0 Å². The van der Waals surface area contributed by atoms with E-state index in [4.69, 9.17) is 10.5 Å². The minimum absolute atomic E-state index is 0.167. The number of carbonyl (C=O) groups excluding carboxylic acids is 3. The van der Waals surface area contributed by atoms with E-state index in [9.17, 15) is 14.4 Å². The minimum Gasteiger partial charge on any atom is -0.300 e. The smallest absolute Gasteiger partial charge is 0.126 e. The molecule has 0 bridgehead atoms. The van der Waals surface area contributed by atoms with E-state index in [1.165, 1.54) is 41.5 Å². The van der Waals surface area contributed by atoms with Gasteiger partial charge in [0.25, 0.3) is 0 Å². The molecule has 0 aromatic rings. The number of hydrogen-bond donors (Lipinski definition) is 2. The molecule has 0 fully saturated rings. The van der Waals surface area contributed by atoms with E-state index in [1.54, 1.807) is 0 Å². The molecule has 0 aliphatic rings. The molecule has 0 spiro atoms. The van der Waals surface area contributed by atoms with E-state index in [2.05, 4.69) is 20.2 Å². The van der Waals surface area contributed by atoms with E-state index in [0.717, 1.165) is 0 Å². The van der Waals surface area contributed by atoms with E-state index in [1.807, 2.05) is 0 Å². The van der Waals surface area contributed by atoms with Crippen LogP contribution in [0.25, 0.3) is 0 Å². The SMILES string of the molecule is CC(C)=O.CC(C)=O.CC(C)=O.OOOOOO. The molecule has 0 aliphatic carbocycles. The lowest BCUT2D eigenvalue weighted by Gasteiger charge is -1.84. The Morgan fingerprint density at radius 1 is 0.611 bits per heavy atom. The summed E-state index contributed by atoms with van der Waals surface area (Å²) >= 11 is 0. The van der Waals surface area contributed by atoms with Crippen molar-refractivity contribution in [3.8, 4) is 0 Å². The maximum absolute atomic E-state index is 9.44. The third-order valence-corrected chi connectivity index (χ3v) is 0.0886. The van der Waals surface area contributed by atoms with Gasteiger partial charge in [-0.2, -0.15) is 0 Å². The third-order valence-electron chi connectivity index (χ3n) is 0.0886. The maximum atomic E-state index is 9.44. The Hall–Kier alpha value is -1.23. The molecule has 18 heavy (non-hydrogen) atoms. The van der Waals surface area contributed by atoms with Crippen molar-refractivity contribution in [3.05, 3.63) is 0 Å². The number of ketones is 3. The van der Waals surface area contributed by atoms with Crippen molar-refractivity contribution in [1.29, 1.82) is 0 Å². The first-order chi connectivity index (χ1) is 8.11. The van der Waals surface area contributed by atoms with Gasteiger partial charge in [0.2, 0.25) is 0 Å². The van der Waals surface area contributed by atoms with Crippen LogP contribution in [0.1, 0.15) is 41.5 Å². The van der Waals surface area contributed by atoms with E-state index >= 15 is 0 Å². The second-order valence-corrected chi connectivity index (χ2v) is 3.01. The topological polar surface area (TPSA) is 129 Å². The zero-order valence-corrected chi connectivity index (χ0v) is 11.3. The second-order valence-electron chi connectivity index (χ2n) is 3.01. The molecule has 0 heterocycles. The van der Waals surface area contributed by atoms with E-state index in [0.29, 0.717) is 0 Å². The van der Waals surface area contributed by atoms with Crippen molar-refractivity contribution >= 4 is 17.3 Å². The van der Waals surface area contributed by atoms with Crippen molar-refractivity contribution in [2.45, 2.75) is 41.5 Å². The van der Waals surface area contributed by atoms with Crippen LogP contribution in [-0.4, -0.2) is 27.9 Å². The molecule has 0 aliphatic heterocycles. The molecular weight excluding hydrogens is 252 g/mol. The van der Waals surface area contributed by atoms with Gasteiger partial charge in [-0.25, -0.2) is 10.5 Å². The molecule has 2 N–H and O–H groups in total. The van der Waals surface area contributed by atoms with Crippen molar-refractivity contribution in [2.75, 3.05) is 0 Å². The van der Waals surface area contributed by atoms with Crippen LogP contribution < -0.4 is 0 Å². The van der Waals surface area contributed by atoms with Gasteiger partial charge >= 0.3 is 0 Å². The molecular formula is C9H20O9. The standard InChI is InChI=1S/3C3H6O.H2O6/c3*1-3(2)4;1-3-5-6-4-2/h3*1-2H3;1-2H. The lowest BCUT2D eigenvalue weighted by atomic mass is 10.6. The van der Waals surface area contributed by atoms with Gasteiger partial charge in [0, 0.05) is 0 Å². The molecule has 0 amide bonds. The Labute approximate surface area is 105 Å². The molecule has 0 aromatic carbocycles. The Morgan fingerprint density at radius 2 is 0.722 bits per heavy atom. The fraction of sp³-hybridized carbons (Fsp3) is 0.667. The molecule has 9 nitrogen and oxygen atoms in total. The molecule has 0 aromatic heterocycles. The first-order valence-corrected chi connectivity index (χ1v) is 4.48. The Bertz CT molecular complexity index is 158. The van der Waals surface area contributed by atoms with Gasteiger partial charge in [0.1, 0.15) is 17.3 Å². The minimum atomic E-state index is 0.167. The average molecular weight is 272 g/mol.